The van der Waals surface area contributed by atoms with E-state index in [2.05, 4.69) is 5.92 Å². The van der Waals surface area contributed by atoms with Gasteiger partial charge in [0.2, 0.25) is 11.8 Å². The van der Waals surface area contributed by atoms with Crippen LogP contribution in [0.3, 0.4) is 0 Å². The first-order valence-corrected chi connectivity index (χ1v) is 6.40. The molecule has 98 valence electrons. The highest BCUT2D eigenvalue weighted by Gasteiger charge is 2.35. The molecule has 0 spiro atoms. The van der Waals surface area contributed by atoms with Gasteiger partial charge in [0.15, 0.2) is 0 Å². The first kappa shape index (κ1) is 12.9. The van der Waals surface area contributed by atoms with E-state index in [1.807, 2.05) is 4.90 Å². The molecule has 0 bridgehead atoms. The summed E-state index contributed by atoms with van der Waals surface area (Å²) in [5, 5.41) is 0. The number of terminal acetylenes is 1. The summed E-state index contributed by atoms with van der Waals surface area (Å²) in [5.74, 6) is 2.79. The second kappa shape index (κ2) is 5.40. The van der Waals surface area contributed by atoms with Gasteiger partial charge in [-0.2, -0.15) is 0 Å². The van der Waals surface area contributed by atoms with Crippen LogP contribution in [0.4, 0.5) is 0 Å². The van der Waals surface area contributed by atoms with Gasteiger partial charge in [-0.25, -0.2) is 0 Å². The van der Waals surface area contributed by atoms with Crippen LogP contribution in [0.25, 0.3) is 0 Å². The van der Waals surface area contributed by atoms with E-state index in [0.29, 0.717) is 26.2 Å². The molecule has 1 heterocycles. The Hall–Kier alpha value is -1.54. The molecule has 0 aromatic carbocycles. The summed E-state index contributed by atoms with van der Waals surface area (Å²) in [6, 6.07) is -0.610. The van der Waals surface area contributed by atoms with Crippen LogP contribution in [-0.2, 0) is 9.59 Å². The summed E-state index contributed by atoms with van der Waals surface area (Å²) in [5.41, 5.74) is 5.70. The second-order valence-electron chi connectivity index (χ2n) is 4.94. The van der Waals surface area contributed by atoms with Gasteiger partial charge in [0.25, 0.3) is 0 Å². The lowest BCUT2D eigenvalue weighted by molar-refractivity contribution is -0.140. The van der Waals surface area contributed by atoms with Crippen LogP contribution in [0.15, 0.2) is 0 Å². The summed E-state index contributed by atoms with van der Waals surface area (Å²) in [7, 11) is 0. The number of nitrogens with zero attached hydrogens (tertiary/aromatic N) is 2. The van der Waals surface area contributed by atoms with E-state index in [-0.39, 0.29) is 24.2 Å². The van der Waals surface area contributed by atoms with Gasteiger partial charge in [0.05, 0.1) is 6.04 Å². The fourth-order valence-corrected chi connectivity index (χ4v) is 2.18. The topological polar surface area (TPSA) is 66.6 Å². The van der Waals surface area contributed by atoms with Crippen molar-refractivity contribution in [2.45, 2.75) is 25.3 Å². The quantitative estimate of drug-likeness (QED) is 0.680. The summed E-state index contributed by atoms with van der Waals surface area (Å²) >= 11 is 0. The number of piperazine rings is 1. The Balaban J connectivity index is 1.80. The molecule has 18 heavy (non-hydrogen) atoms. The van der Waals surface area contributed by atoms with Crippen molar-refractivity contribution in [3.63, 3.8) is 0 Å². The lowest BCUT2D eigenvalue weighted by Gasteiger charge is -2.35. The van der Waals surface area contributed by atoms with Crippen molar-refractivity contribution in [3.8, 4) is 12.3 Å². The van der Waals surface area contributed by atoms with Crippen molar-refractivity contribution in [1.29, 1.82) is 0 Å². The van der Waals surface area contributed by atoms with Gasteiger partial charge in [-0.3, -0.25) is 9.59 Å². The van der Waals surface area contributed by atoms with E-state index >= 15 is 0 Å². The largest absolute Gasteiger partial charge is 0.339 e. The van der Waals surface area contributed by atoms with Crippen LogP contribution in [0.2, 0.25) is 0 Å². The Morgan fingerprint density at radius 3 is 2.28 bits per heavy atom. The molecule has 1 saturated carbocycles. The molecule has 2 aliphatic rings. The van der Waals surface area contributed by atoms with E-state index in [0.717, 1.165) is 12.8 Å². The molecule has 1 atom stereocenters. The Morgan fingerprint density at radius 1 is 1.22 bits per heavy atom. The summed E-state index contributed by atoms with van der Waals surface area (Å²) in [6.45, 7) is 2.36. The minimum atomic E-state index is -0.610. The summed E-state index contributed by atoms with van der Waals surface area (Å²) in [4.78, 5) is 27.3. The minimum absolute atomic E-state index is 0.105. The van der Waals surface area contributed by atoms with Gasteiger partial charge >= 0.3 is 0 Å². The Bertz CT molecular complexity index is 376. The number of carbonyl (C=O) groups excluding carboxylic acids is 2. The molecular formula is C13H19N3O2. The zero-order chi connectivity index (χ0) is 13.1. The van der Waals surface area contributed by atoms with Crippen molar-refractivity contribution < 1.29 is 9.59 Å². The zero-order valence-electron chi connectivity index (χ0n) is 10.5. The fourth-order valence-electron chi connectivity index (χ4n) is 2.18. The first-order valence-electron chi connectivity index (χ1n) is 6.40. The van der Waals surface area contributed by atoms with Gasteiger partial charge in [0, 0.05) is 38.5 Å². The van der Waals surface area contributed by atoms with E-state index in [1.165, 1.54) is 0 Å². The highest BCUT2D eigenvalue weighted by Crippen LogP contribution is 2.31. The summed E-state index contributed by atoms with van der Waals surface area (Å²) in [6.07, 6.45) is 7.45. The third-order valence-electron chi connectivity index (χ3n) is 3.48. The molecule has 1 unspecified atom stereocenters. The van der Waals surface area contributed by atoms with Gasteiger partial charge in [-0.05, 0) is 12.8 Å². The molecule has 1 saturated heterocycles. The smallest absolute Gasteiger partial charge is 0.240 e. The SMILES string of the molecule is C#CCC(N)C(=O)N1CCN(C(=O)C2CC2)CC1. The molecule has 1 aliphatic carbocycles. The Kier molecular flexibility index (Phi) is 3.87. The maximum Gasteiger partial charge on any atom is 0.240 e. The zero-order valence-corrected chi connectivity index (χ0v) is 10.5. The van der Waals surface area contributed by atoms with Gasteiger partial charge in [0.1, 0.15) is 0 Å². The maximum atomic E-state index is 11.9. The number of nitrogens with two attached hydrogens (primary N) is 1. The number of hydrogen-bond acceptors (Lipinski definition) is 3. The standard InChI is InChI=1S/C13H19N3O2/c1-2-3-11(14)13(18)16-8-6-15(7-9-16)12(17)10-4-5-10/h1,10-11H,3-9,14H2. The number of hydrogen-bond donors (Lipinski definition) is 1. The van der Waals surface area contributed by atoms with Crippen molar-refractivity contribution in [1.82, 2.24) is 9.80 Å². The highest BCUT2D eigenvalue weighted by atomic mass is 16.2. The summed E-state index contributed by atoms with van der Waals surface area (Å²) < 4.78 is 0. The highest BCUT2D eigenvalue weighted by molar-refractivity contribution is 5.83. The molecule has 0 aromatic rings. The van der Waals surface area contributed by atoms with Crippen LogP contribution in [-0.4, -0.2) is 53.8 Å². The predicted octanol–water partition coefficient (Wildman–Crippen LogP) is -0.582. The van der Waals surface area contributed by atoms with E-state index < -0.39 is 6.04 Å². The molecular weight excluding hydrogens is 230 g/mol. The van der Waals surface area contributed by atoms with Crippen LogP contribution >= 0.6 is 0 Å². The fraction of sp³-hybridized carbons (Fsp3) is 0.692. The van der Waals surface area contributed by atoms with E-state index in [4.69, 9.17) is 12.2 Å². The predicted molar refractivity (Wildman–Crippen MR) is 67.3 cm³/mol. The van der Waals surface area contributed by atoms with Crippen LogP contribution in [0.1, 0.15) is 19.3 Å². The average Bonchev–Trinajstić information content (AvgIpc) is 3.22. The Morgan fingerprint density at radius 2 is 1.78 bits per heavy atom. The monoisotopic (exact) mass is 249 g/mol. The molecule has 5 heteroatoms. The normalized spacial score (nSPS) is 21.3. The average molecular weight is 249 g/mol. The first-order chi connectivity index (χ1) is 8.63. The van der Waals surface area contributed by atoms with Crippen LogP contribution in [0.5, 0.6) is 0 Å². The van der Waals surface area contributed by atoms with Crippen molar-refractivity contribution in [2.75, 3.05) is 26.2 Å². The second-order valence-corrected chi connectivity index (χ2v) is 4.94. The molecule has 0 radical (unpaired) electrons. The lowest BCUT2D eigenvalue weighted by atomic mass is 10.2. The number of amides is 2. The molecule has 2 fully saturated rings. The molecule has 2 amide bonds. The van der Waals surface area contributed by atoms with E-state index in [9.17, 15) is 9.59 Å². The maximum absolute atomic E-state index is 11.9. The molecule has 2 rings (SSSR count). The Labute approximate surface area is 107 Å². The lowest BCUT2D eigenvalue weighted by Crippen LogP contribution is -2.54. The van der Waals surface area contributed by atoms with Gasteiger partial charge < -0.3 is 15.5 Å². The van der Waals surface area contributed by atoms with E-state index in [1.54, 1.807) is 4.90 Å². The van der Waals surface area contributed by atoms with Crippen LogP contribution < -0.4 is 5.73 Å². The molecule has 2 N–H and O–H groups in total. The molecule has 1 aliphatic heterocycles. The number of rotatable bonds is 3. The van der Waals surface area contributed by atoms with Crippen molar-refractivity contribution in [2.24, 2.45) is 11.7 Å². The number of carbonyl (C=O) groups is 2. The van der Waals surface area contributed by atoms with Crippen molar-refractivity contribution in [3.05, 3.63) is 0 Å². The van der Waals surface area contributed by atoms with Gasteiger partial charge in [-0.1, -0.05) is 0 Å². The molecule has 0 aromatic heterocycles. The minimum Gasteiger partial charge on any atom is -0.339 e. The molecule has 5 nitrogen and oxygen atoms in total. The third kappa shape index (κ3) is 2.82. The third-order valence-corrected chi connectivity index (χ3v) is 3.48. The van der Waals surface area contributed by atoms with Crippen molar-refractivity contribution >= 4 is 11.8 Å². The van der Waals surface area contributed by atoms with Gasteiger partial charge in [-0.15, -0.1) is 12.3 Å². The van der Waals surface area contributed by atoms with Crippen LogP contribution in [0, 0.1) is 18.3 Å².